The van der Waals surface area contributed by atoms with Crippen molar-refractivity contribution in [3.8, 4) is 0 Å². The minimum absolute atomic E-state index is 0.122. The Balaban J connectivity index is 1.38. The average molecular weight is 315 g/mol. The summed E-state index contributed by atoms with van der Waals surface area (Å²) in [7, 11) is 2.19. The van der Waals surface area contributed by atoms with Crippen LogP contribution in [0.15, 0.2) is 30.3 Å². The average Bonchev–Trinajstić information content (AvgIpc) is 3.01. The molecule has 23 heavy (non-hydrogen) atoms. The van der Waals surface area contributed by atoms with Crippen LogP contribution in [-0.4, -0.2) is 55.1 Å². The van der Waals surface area contributed by atoms with Crippen molar-refractivity contribution in [1.82, 2.24) is 15.1 Å². The molecule has 2 fully saturated rings. The molecule has 3 rings (SSSR count). The minimum atomic E-state index is 0.122. The van der Waals surface area contributed by atoms with Crippen molar-refractivity contribution < 1.29 is 4.79 Å². The fraction of sp³-hybridized carbons (Fsp3) is 0.632. The van der Waals surface area contributed by atoms with Crippen molar-refractivity contribution in [2.45, 2.75) is 44.1 Å². The summed E-state index contributed by atoms with van der Waals surface area (Å²) in [6, 6.07) is 11.5. The van der Waals surface area contributed by atoms with E-state index in [0.717, 1.165) is 38.9 Å². The molecule has 2 saturated heterocycles. The lowest BCUT2D eigenvalue weighted by Crippen LogP contribution is -2.45. The van der Waals surface area contributed by atoms with Crippen LogP contribution in [0.4, 0.5) is 4.79 Å². The predicted molar refractivity (Wildman–Crippen MR) is 93.7 cm³/mol. The second-order valence-corrected chi connectivity index (χ2v) is 6.97. The lowest BCUT2D eigenvalue weighted by Gasteiger charge is -2.32. The Morgan fingerprint density at radius 2 is 1.87 bits per heavy atom. The molecule has 4 nitrogen and oxygen atoms in total. The van der Waals surface area contributed by atoms with Gasteiger partial charge in [0.05, 0.1) is 0 Å². The topological polar surface area (TPSA) is 35.6 Å². The van der Waals surface area contributed by atoms with Gasteiger partial charge in [-0.3, -0.25) is 0 Å². The molecule has 2 amide bonds. The quantitative estimate of drug-likeness (QED) is 0.927. The van der Waals surface area contributed by atoms with Crippen molar-refractivity contribution in [2.75, 3.05) is 33.2 Å². The first-order valence-corrected chi connectivity index (χ1v) is 9.02. The number of nitrogens with one attached hydrogen (secondary N) is 1. The number of carbonyl (C=O) groups is 1. The van der Waals surface area contributed by atoms with E-state index in [4.69, 9.17) is 0 Å². The van der Waals surface area contributed by atoms with Crippen LogP contribution in [0.2, 0.25) is 0 Å². The molecule has 0 spiro atoms. The predicted octanol–water partition coefficient (Wildman–Crippen LogP) is 3.06. The Morgan fingerprint density at radius 3 is 2.52 bits per heavy atom. The number of likely N-dealkylation sites (tertiary alicyclic amines) is 2. The van der Waals surface area contributed by atoms with Gasteiger partial charge in [-0.25, -0.2) is 4.79 Å². The van der Waals surface area contributed by atoms with Crippen LogP contribution in [0.3, 0.4) is 0 Å². The molecular weight excluding hydrogens is 286 g/mol. The maximum atomic E-state index is 12.3. The normalized spacial score (nSPS) is 23.2. The van der Waals surface area contributed by atoms with Crippen LogP contribution >= 0.6 is 0 Å². The maximum absolute atomic E-state index is 12.3. The third-order valence-electron chi connectivity index (χ3n) is 5.48. The molecule has 2 aliphatic rings. The van der Waals surface area contributed by atoms with Gasteiger partial charge in [0.15, 0.2) is 0 Å². The Hall–Kier alpha value is -1.55. The molecular formula is C19H29N3O. The Kier molecular flexibility index (Phi) is 5.55. The monoisotopic (exact) mass is 315 g/mol. The Bertz CT molecular complexity index is 497. The highest BCUT2D eigenvalue weighted by atomic mass is 16.2. The van der Waals surface area contributed by atoms with Gasteiger partial charge in [-0.05, 0) is 57.2 Å². The largest absolute Gasteiger partial charge is 0.338 e. The highest BCUT2D eigenvalue weighted by Gasteiger charge is 2.24. The number of hydrogen-bond acceptors (Lipinski definition) is 2. The number of hydrogen-bond donors (Lipinski definition) is 1. The standard InChI is InChI=1S/C19H29N3O/c1-21-13-5-8-18(21)9-12-20-19(23)22-14-10-17(11-15-22)16-6-3-2-4-7-16/h2-4,6-7,17-18H,5,8-15H2,1H3,(H,20,23)/t18-/m0/s1. The highest BCUT2D eigenvalue weighted by molar-refractivity contribution is 5.74. The summed E-state index contributed by atoms with van der Waals surface area (Å²) in [4.78, 5) is 16.7. The first kappa shape index (κ1) is 16.3. The summed E-state index contributed by atoms with van der Waals surface area (Å²) in [6.45, 7) is 3.74. The zero-order chi connectivity index (χ0) is 16.1. The third kappa shape index (κ3) is 4.25. The number of nitrogens with zero attached hydrogens (tertiary/aromatic N) is 2. The lowest BCUT2D eigenvalue weighted by molar-refractivity contribution is 0.180. The van der Waals surface area contributed by atoms with E-state index < -0.39 is 0 Å². The van der Waals surface area contributed by atoms with Crippen molar-refractivity contribution in [3.63, 3.8) is 0 Å². The summed E-state index contributed by atoms with van der Waals surface area (Å²) in [5.41, 5.74) is 1.41. The van der Waals surface area contributed by atoms with Gasteiger partial charge < -0.3 is 15.1 Å². The van der Waals surface area contributed by atoms with E-state index >= 15 is 0 Å². The molecule has 1 N–H and O–H groups in total. The van der Waals surface area contributed by atoms with E-state index in [-0.39, 0.29) is 6.03 Å². The van der Waals surface area contributed by atoms with E-state index in [9.17, 15) is 4.79 Å². The molecule has 0 unspecified atom stereocenters. The molecule has 126 valence electrons. The summed E-state index contributed by atoms with van der Waals surface area (Å²) < 4.78 is 0. The summed E-state index contributed by atoms with van der Waals surface area (Å²) in [6.07, 6.45) is 5.78. The van der Waals surface area contributed by atoms with Crippen LogP contribution < -0.4 is 5.32 Å². The van der Waals surface area contributed by atoms with Crippen molar-refractivity contribution in [1.29, 1.82) is 0 Å². The van der Waals surface area contributed by atoms with Crippen LogP contribution in [0.5, 0.6) is 0 Å². The zero-order valence-corrected chi connectivity index (χ0v) is 14.2. The van der Waals surface area contributed by atoms with Gasteiger partial charge in [0.25, 0.3) is 0 Å². The number of carbonyl (C=O) groups excluding carboxylic acids is 1. The molecule has 0 aromatic heterocycles. The zero-order valence-electron chi connectivity index (χ0n) is 14.2. The number of piperidine rings is 1. The van der Waals surface area contributed by atoms with Crippen LogP contribution in [0.25, 0.3) is 0 Å². The summed E-state index contributed by atoms with van der Waals surface area (Å²) in [5, 5.41) is 3.11. The van der Waals surface area contributed by atoms with Gasteiger partial charge in [0.1, 0.15) is 0 Å². The van der Waals surface area contributed by atoms with Crippen molar-refractivity contribution in [2.24, 2.45) is 0 Å². The van der Waals surface area contributed by atoms with E-state index in [1.807, 2.05) is 4.90 Å². The van der Waals surface area contributed by atoms with E-state index in [1.165, 1.54) is 24.9 Å². The van der Waals surface area contributed by atoms with E-state index in [1.54, 1.807) is 0 Å². The summed E-state index contributed by atoms with van der Waals surface area (Å²) in [5.74, 6) is 0.604. The van der Waals surface area contributed by atoms with Gasteiger partial charge >= 0.3 is 6.03 Å². The number of benzene rings is 1. The molecule has 4 heteroatoms. The van der Waals surface area contributed by atoms with Gasteiger partial charge in [-0.15, -0.1) is 0 Å². The minimum Gasteiger partial charge on any atom is -0.338 e. The van der Waals surface area contributed by atoms with Crippen LogP contribution in [0.1, 0.15) is 43.6 Å². The van der Waals surface area contributed by atoms with Gasteiger partial charge in [-0.2, -0.15) is 0 Å². The molecule has 0 radical (unpaired) electrons. The third-order valence-corrected chi connectivity index (χ3v) is 5.48. The van der Waals surface area contributed by atoms with Crippen molar-refractivity contribution in [3.05, 3.63) is 35.9 Å². The molecule has 2 heterocycles. The maximum Gasteiger partial charge on any atom is 0.317 e. The van der Waals surface area contributed by atoms with Gasteiger partial charge in [0, 0.05) is 25.7 Å². The fourth-order valence-electron chi connectivity index (χ4n) is 3.94. The lowest BCUT2D eigenvalue weighted by atomic mass is 9.90. The molecule has 1 aromatic carbocycles. The first-order valence-electron chi connectivity index (χ1n) is 9.02. The summed E-state index contributed by atoms with van der Waals surface area (Å²) >= 11 is 0. The van der Waals surface area contributed by atoms with E-state index in [0.29, 0.717) is 12.0 Å². The number of amides is 2. The first-order chi connectivity index (χ1) is 11.2. The van der Waals surface area contributed by atoms with E-state index in [2.05, 4.69) is 47.6 Å². The van der Waals surface area contributed by atoms with Gasteiger partial charge in [0.2, 0.25) is 0 Å². The second-order valence-electron chi connectivity index (χ2n) is 6.97. The SMILES string of the molecule is CN1CCC[C@H]1CCNC(=O)N1CCC(c2ccccc2)CC1. The molecule has 2 aliphatic heterocycles. The number of urea groups is 1. The fourth-order valence-corrected chi connectivity index (χ4v) is 3.94. The van der Waals surface area contributed by atoms with Crippen LogP contribution in [0, 0.1) is 0 Å². The molecule has 0 aliphatic carbocycles. The molecule has 0 bridgehead atoms. The number of rotatable bonds is 4. The molecule has 1 atom stereocenters. The highest BCUT2D eigenvalue weighted by Crippen LogP contribution is 2.27. The smallest absolute Gasteiger partial charge is 0.317 e. The molecule has 1 aromatic rings. The van der Waals surface area contributed by atoms with Crippen molar-refractivity contribution >= 4 is 6.03 Å². The Morgan fingerprint density at radius 1 is 1.13 bits per heavy atom. The Labute approximate surface area is 139 Å². The molecule has 0 saturated carbocycles. The van der Waals surface area contributed by atoms with Crippen LogP contribution in [-0.2, 0) is 0 Å². The van der Waals surface area contributed by atoms with Gasteiger partial charge in [-0.1, -0.05) is 30.3 Å². The second kappa shape index (κ2) is 7.82.